The van der Waals surface area contributed by atoms with Crippen LogP contribution in [0.2, 0.25) is 5.02 Å². The summed E-state index contributed by atoms with van der Waals surface area (Å²) in [6, 6.07) is 10.1. The molecule has 0 bridgehead atoms. The zero-order valence-electron chi connectivity index (χ0n) is 13.5. The summed E-state index contributed by atoms with van der Waals surface area (Å²) in [7, 11) is 0. The standard InChI is InChI=1S/C16H12ClF3N6S/c17-11-6-9(16(18,19)20)7-22-13(11)27-8-12-24-14(21)26-15(25-12)23-10-4-2-1-3-5-10/h1-7H,8H2,(H3,21,23,24,25,26). The fourth-order valence-corrected chi connectivity index (χ4v) is 3.08. The fourth-order valence-electron chi connectivity index (χ4n) is 2.03. The average molecular weight is 413 g/mol. The second kappa shape index (κ2) is 7.97. The molecule has 0 aliphatic heterocycles. The van der Waals surface area contributed by atoms with E-state index in [1.54, 1.807) is 0 Å². The van der Waals surface area contributed by atoms with Crippen LogP contribution in [0.4, 0.5) is 30.8 Å². The number of pyridine rings is 1. The van der Waals surface area contributed by atoms with Crippen molar-refractivity contribution < 1.29 is 13.2 Å². The first-order valence-corrected chi connectivity index (χ1v) is 8.85. The molecule has 6 nitrogen and oxygen atoms in total. The SMILES string of the molecule is Nc1nc(CSc2ncc(C(F)(F)F)cc2Cl)nc(Nc2ccccc2)n1. The van der Waals surface area contributed by atoms with Gasteiger partial charge in [-0.05, 0) is 18.2 Å². The second-order valence-corrected chi connectivity index (χ2v) is 6.59. The van der Waals surface area contributed by atoms with Crippen molar-refractivity contribution in [3.05, 3.63) is 59.0 Å². The third-order valence-corrected chi connectivity index (χ3v) is 4.60. The Hall–Kier alpha value is -2.59. The minimum absolute atomic E-state index is 0.0190. The number of anilines is 3. The molecule has 3 rings (SSSR count). The lowest BCUT2D eigenvalue weighted by molar-refractivity contribution is -0.137. The molecule has 1 aromatic carbocycles. The third kappa shape index (κ3) is 5.20. The van der Waals surface area contributed by atoms with E-state index in [1.807, 2.05) is 30.3 Å². The molecule has 140 valence electrons. The van der Waals surface area contributed by atoms with E-state index < -0.39 is 11.7 Å². The second-order valence-electron chi connectivity index (χ2n) is 5.22. The molecule has 3 aromatic rings. The van der Waals surface area contributed by atoms with E-state index in [-0.39, 0.29) is 27.7 Å². The molecule has 0 amide bonds. The van der Waals surface area contributed by atoms with E-state index in [1.165, 1.54) is 0 Å². The number of nitrogens with zero attached hydrogens (tertiary/aromatic N) is 4. The van der Waals surface area contributed by atoms with Gasteiger partial charge in [-0.1, -0.05) is 41.6 Å². The van der Waals surface area contributed by atoms with Gasteiger partial charge in [0.15, 0.2) is 0 Å². The predicted molar refractivity (Wildman–Crippen MR) is 97.8 cm³/mol. The number of alkyl halides is 3. The van der Waals surface area contributed by atoms with Gasteiger partial charge in [0.05, 0.1) is 16.3 Å². The minimum Gasteiger partial charge on any atom is -0.368 e. The number of para-hydroxylation sites is 1. The monoisotopic (exact) mass is 412 g/mol. The molecule has 2 aromatic heterocycles. The lowest BCUT2D eigenvalue weighted by atomic mass is 10.3. The molecular formula is C16H12ClF3N6S. The summed E-state index contributed by atoms with van der Waals surface area (Å²) >= 11 is 6.99. The van der Waals surface area contributed by atoms with Crippen LogP contribution in [0.15, 0.2) is 47.6 Å². The van der Waals surface area contributed by atoms with Crippen molar-refractivity contribution in [1.82, 2.24) is 19.9 Å². The highest BCUT2D eigenvalue weighted by Gasteiger charge is 2.31. The predicted octanol–water partition coefficient (Wildman–Crippen LogP) is 4.56. The lowest BCUT2D eigenvalue weighted by Crippen LogP contribution is -2.07. The van der Waals surface area contributed by atoms with Crippen LogP contribution >= 0.6 is 23.4 Å². The van der Waals surface area contributed by atoms with Gasteiger partial charge >= 0.3 is 6.18 Å². The van der Waals surface area contributed by atoms with Gasteiger partial charge < -0.3 is 11.1 Å². The molecule has 11 heteroatoms. The van der Waals surface area contributed by atoms with Crippen LogP contribution in [0, 0.1) is 0 Å². The van der Waals surface area contributed by atoms with Crippen LogP contribution in [0.1, 0.15) is 11.4 Å². The first kappa shape index (κ1) is 19.2. The maximum atomic E-state index is 12.7. The zero-order chi connectivity index (χ0) is 19.4. The average Bonchev–Trinajstić information content (AvgIpc) is 2.60. The Labute approximate surface area is 161 Å². The third-order valence-electron chi connectivity index (χ3n) is 3.20. The van der Waals surface area contributed by atoms with Gasteiger partial charge in [0.1, 0.15) is 10.9 Å². The number of thioether (sulfide) groups is 1. The fraction of sp³-hybridized carbons (Fsp3) is 0.125. The van der Waals surface area contributed by atoms with Crippen molar-refractivity contribution >= 4 is 40.9 Å². The lowest BCUT2D eigenvalue weighted by Gasteiger charge is -2.09. The summed E-state index contributed by atoms with van der Waals surface area (Å²) in [5.74, 6) is 0.818. The van der Waals surface area contributed by atoms with Crippen molar-refractivity contribution in [3.8, 4) is 0 Å². The molecule has 0 saturated heterocycles. The summed E-state index contributed by atoms with van der Waals surface area (Å²) in [4.78, 5) is 16.0. The van der Waals surface area contributed by atoms with Crippen LogP contribution in [-0.2, 0) is 11.9 Å². The quantitative estimate of drug-likeness (QED) is 0.594. The Morgan fingerprint density at radius 3 is 2.52 bits per heavy atom. The number of hydrogen-bond acceptors (Lipinski definition) is 7. The highest BCUT2D eigenvalue weighted by atomic mass is 35.5. The molecule has 0 spiro atoms. The van der Waals surface area contributed by atoms with Crippen molar-refractivity contribution in [2.45, 2.75) is 17.0 Å². The number of rotatable bonds is 5. The highest BCUT2D eigenvalue weighted by molar-refractivity contribution is 7.98. The molecule has 27 heavy (non-hydrogen) atoms. The molecule has 0 aliphatic carbocycles. The Bertz CT molecular complexity index is 939. The van der Waals surface area contributed by atoms with Crippen LogP contribution in [0.5, 0.6) is 0 Å². The maximum Gasteiger partial charge on any atom is 0.417 e. The summed E-state index contributed by atoms with van der Waals surface area (Å²) in [5.41, 5.74) is 5.57. The molecule has 0 aliphatic rings. The Morgan fingerprint density at radius 1 is 1.11 bits per heavy atom. The topological polar surface area (TPSA) is 89.6 Å². The van der Waals surface area contributed by atoms with Gasteiger partial charge in [0.25, 0.3) is 0 Å². The largest absolute Gasteiger partial charge is 0.417 e. The summed E-state index contributed by atoms with van der Waals surface area (Å²) < 4.78 is 38.0. The molecule has 0 radical (unpaired) electrons. The van der Waals surface area contributed by atoms with E-state index in [2.05, 4.69) is 25.3 Å². The van der Waals surface area contributed by atoms with Crippen LogP contribution in [0.3, 0.4) is 0 Å². The van der Waals surface area contributed by atoms with E-state index in [0.717, 1.165) is 29.7 Å². The highest BCUT2D eigenvalue weighted by Crippen LogP contribution is 2.34. The van der Waals surface area contributed by atoms with Crippen molar-refractivity contribution in [2.75, 3.05) is 11.1 Å². The van der Waals surface area contributed by atoms with Crippen LogP contribution in [0.25, 0.3) is 0 Å². The van der Waals surface area contributed by atoms with Gasteiger partial charge in [-0.25, -0.2) is 4.98 Å². The molecular weight excluding hydrogens is 401 g/mol. The van der Waals surface area contributed by atoms with Crippen molar-refractivity contribution in [2.24, 2.45) is 0 Å². The van der Waals surface area contributed by atoms with Crippen LogP contribution in [-0.4, -0.2) is 19.9 Å². The zero-order valence-corrected chi connectivity index (χ0v) is 15.1. The van der Waals surface area contributed by atoms with Gasteiger partial charge in [-0.2, -0.15) is 28.1 Å². The van der Waals surface area contributed by atoms with E-state index in [9.17, 15) is 13.2 Å². The molecule has 2 heterocycles. The Kier molecular flexibility index (Phi) is 5.66. The number of hydrogen-bond donors (Lipinski definition) is 2. The van der Waals surface area contributed by atoms with Crippen molar-refractivity contribution in [1.29, 1.82) is 0 Å². The number of benzene rings is 1. The maximum absolute atomic E-state index is 12.7. The van der Waals surface area contributed by atoms with E-state index in [0.29, 0.717) is 5.82 Å². The summed E-state index contributed by atoms with van der Waals surface area (Å²) in [6.45, 7) is 0. The van der Waals surface area contributed by atoms with Crippen molar-refractivity contribution in [3.63, 3.8) is 0 Å². The molecule has 0 saturated carbocycles. The summed E-state index contributed by atoms with van der Waals surface area (Å²) in [6.07, 6.45) is -3.77. The van der Waals surface area contributed by atoms with Crippen LogP contribution < -0.4 is 11.1 Å². The van der Waals surface area contributed by atoms with E-state index in [4.69, 9.17) is 17.3 Å². The molecule has 0 atom stereocenters. The number of nitrogens with two attached hydrogens (primary N) is 1. The number of nitrogen functional groups attached to an aromatic ring is 1. The number of aromatic nitrogens is 4. The molecule has 3 N–H and O–H groups in total. The smallest absolute Gasteiger partial charge is 0.368 e. The molecule has 0 unspecified atom stereocenters. The van der Waals surface area contributed by atoms with Gasteiger partial charge in [0, 0.05) is 11.9 Å². The minimum atomic E-state index is -4.50. The van der Waals surface area contributed by atoms with Gasteiger partial charge in [-0.3, -0.25) is 0 Å². The Balaban J connectivity index is 1.73. The number of halogens is 4. The number of nitrogens with one attached hydrogen (secondary N) is 1. The van der Waals surface area contributed by atoms with E-state index >= 15 is 0 Å². The Morgan fingerprint density at radius 2 is 1.85 bits per heavy atom. The summed E-state index contributed by atoms with van der Waals surface area (Å²) in [5, 5.41) is 3.14. The van der Waals surface area contributed by atoms with Gasteiger partial charge in [0.2, 0.25) is 11.9 Å². The first-order chi connectivity index (χ1) is 12.8. The van der Waals surface area contributed by atoms with Gasteiger partial charge in [-0.15, -0.1) is 0 Å². The first-order valence-electron chi connectivity index (χ1n) is 7.49. The molecule has 0 fully saturated rings. The normalized spacial score (nSPS) is 11.4.